The van der Waals surface area contributed by atoms with E-state index >= 15 is 0 Å². The molecule has 2 N–H and O–H groups in total. The molecule has 1 aromatic carbocycles. The van der Waals surface area contributed by atoms with E-state index in [2.05, 4.69) is 20.7 Å². The summed E-state index contributed by atoms with van der Waals surface area (Å²) < 4.78 is 92.0. The number of piperazine rings is 1. The van der Waals surface area contributed by atoms with Gasteiger partial charge < -0.3 is 15.0 Å². The molecular formula is C39H43F6N11O5S. The number of aromatic nitrogens is 3. The third-order valence-electron chi connectivity index (χ3n) is 11.8. The van der Waals surface area contributed by atoms with E-state index in [1.807, 2.05) is 0 Å². The highest BCUT2D eigenvalue weighted by atomic mass is 32.1. The first-order chi connectivity index (χ1) is 29.2. The molecule has 62 heavy (non-hydrogen) atoms. The molecule has 4 aliphatic rings. The predicted octanol–water partition coefficient (Wildman–Crippen LogP) is 4.53. The molecule has 3 saturated heterocycles. The van der Waals surface area contributed by atoms with Crippen LogP contribution < -0.4 is 20.4 Å². The Morgan fingerprint density at radius 3 is 2.47 bits per heavy atom. The lowest BCUT2D eigenvalue weighted by Gasteiger charge is -2.42. The lowest BCUT2D eigenvalue weighted by molar-refractivity contribution is -0.197. The molecule has 0 unspecified atom stereocenters. The summed E-state index contributed by atoms with van der Waals surface area (Å²) in [6.07, 6.45) is -6.51. The van der Waals surface area contributed by atoms with Crippen LogP contribution in [0.4, 0.5) is 48.3 Å². The first-order valence-corrected chi connectivity index (χ1v) is 20.3. The molecule has 4 fully saturated rings. The third kappa shape index (κ3) is 8.77. The van der Waals surface area contributed by atoms with Crippen LogP contribution in [0.3, 0.4) is 0 Å². The van der Waals surface area contributed by atoms with Gasteiger partial charge in [-0.25, -0.2) is 9.78 Å². The van der Waals surface area contributed by atoms with Gasteiger partial charge in [-0.3, -0.25) is 44.0 Å². The van der Waals surface area contributed by atoms with Gasteiger partial charge in [-0.1, -0.05) is 6.07 Å². The van der Waals surface area contributed by atoms with E-state index in [-0.39, 0.29) is 74.5 Å². The summed E-state index contributed by atoms with van der Waals surface area (Å²) in [7, 11) is 1.60. The fourth-order valence-electron chi connectivity index (χ4n) is 8.69. The summed E-state index contributed by atoms with van der Waals surface area (Å²) in [5.41, 5.74) is -2.76. The number of amides is 5. The first kappa shape index (κ1) is 44.6. The minimum atomic E-state index is -4.88. The predicted molar refractivity (Wildman–Crippen MR) is 215 cm³/mol. The zero-order valence-electron chi connectivity index (χ0n) is 33.8. The van der Waals surface area contributed by atoms with Crippen molar-refractivity contribution < 1.29 is 50.3 Å². The molecule has 0 spiro atoms. The normalized spacial score (nSPS) is 23.0. The van der Waals surface area contributed by atoms with Gasteiger partial charge in [-0.15, -0.1) is 0 Å². The summed E-state index contributed by atoms with van der Waals surface area (Å²) in [5.74, 6) is -1.35. The Bertz CT molecular complexity index is 2320. The van der Waals surface area contributed by atoms with Gasteiger partial charge in [-0.05, 0) is 69.9 Å². The number of imide groups is 1. The number of urea groups is 1. The minimum absolute atomic E-state index is 0.0182. The molecule has 7 rings (SSSR count). The number of benzene rings is 1. The number of alkyl halides is 6. The maximum absolute atomic E-state index is 14.4. The molecule has 332 valence electrons. The average molecular weight is 892 g/mol. The highest BCUT2D eigenvalue weighted by Crippen LogP contribution is 2.40. The van der Waals surface area contributed by atoms with E-state index in [1.54, 1.807) is 48.9 Å². The number of halogens is 6. The maximum Gasteiger partial charge on any atom is 0.419 e. The summed E-state index contributed by atoms with van der Waals surface area (Å²) in [6, 6.07) is 4.21. The highest BCUT2D eigenvalue weighted by molar-refractivity contribution is 7.80. The van der Waals surface area contributed by atoms with Gasteiger partial charge in [0.05, 0.1) is 47.9 Å². The zero-order chi connectivity index (χ0) is 44.9. The lowest BCUT2D eigenvalue weighted by atomic mass is 9.89. The number of ether oxygens (including phenoxy) is 1. The van der Waals surface area contributed by atoms with Crippen molar-refractivity contribution in [2.45, 2.75) is 82.0 Å². The van der Waals surface area contributed by atoms with Crippen LogP contribution >= 0.6 is 12.2 Å². The van der Waals surface area contributed by atoms with Crippen molar-refractivity contribution >= 4 is 69.2 Å². The van der Waals surface area contributed by atoms with Gasteiger partial charge in [0.2, 0.25) is 11.8 Å². The van der Waals surface area contributed by atoms with Crippen LogP contribution in [0.5, 0.6) is 0 Å². The number of hydrogen-bond acceptors (Lipinski definition) is 11. The van der Waals surface area contributed by atoms with Crippen LogP contribution in [0.25, 0.3) is 10.9 Å². The van der Waals surface area contributed by atoms with Gasteiger partial charge >= 0.3 is 18.4 Å². The number of nitrogens with zero attached hydrogens (tertiary/aromatic N) is 9. The number of anilines is 3. The maximum atomic E-state index is 14.4. The Kier molecular flexibility index (Phi) is 12.3. The fraction of sp³-hybridized carbons (Fsp3) is 0.538. The number of nitrogens with one attached hydrogen (secondary N) is 2. The van der Waals surface area contributed by atoms with Crippen LogP contribution in [0.15, 0.2) is 30.5 Å². The second-order valence-electron chi connectivity index (χ2n) is 16.1. The van der Waals surface area contributed by atoms with Gasteiger partial charge in [0, 0.05) is 57.6 Å². The second kappa shape index (κ2) is 17.0. The second-order valence-corrected chi connectivity index (χ2v) is 16.5. The van der Waals surface area contributed by atoms with E-state index < -0.39 is 65.5 Å². The molecule has 0 bridgehead atoms. The van der Waals surface area contributed by atoms with Crippen molar-refractivity contribution in [3.05, 3.63) is 41.7 Å². The summed E-state index contributed by atoms with van der Waals surface area (Å²) in [5, 5.41) is 19.1. The monoisotopic (exact) mass is 891 g/mol. The number of carbonyl (C=O) groups excluding carboxylic acids is 4. The number of para-hydroxylation sites is 1. The summed E-state index contributed by atoms with van der Waals surface area (Å²) in [6.45, 7) is 3.05. The van der Waals surface area contributed by atoms with Crippen LogP contribution in [0, 0.1) is 11.3 Å². The Morgan fingerprint density at radius 2 is 1.81 bits per heavy atom. The van der Waals surface area contributed by atoms with Gasteiger partial charge in [-0.2, -0.15) is 36.7 Å². The van der Waals surface area contributed by atoms with Crippen molar-refractivity contribution in [1.29, 1.82) is 5.26 Å². The van der Waals surface area contributed by atoms with Gasteiger partial charge in [0.25, 0.3) is 5.91 Å². The van der Waals surface area contributed by atoms with E-state index in [0.29, 0.717) is 48.3 Å². The number of carbonyl (C=O) groups is 4. The van der Waals surface area contributed by atoms with Crippen molar-refractivity contribution in [2.75, 3.05) is 61.0 Å². The van der Waals surface area contributed by atoms with E-state index in [0.717, 1.165) is 16.0 Å². The Labute approximate surface area is 356 Å². The number of rotatable bonds is 10. The molecule has 16 nitrogen and oxygen atoms in total. The van der Waals surface area contributed by atoms with Crippen LogP contribution in [-0.4, -0.2) is 134 Å². The van der Waals surface area contributed by atoms with E-state index in [9.17, 15) is 45.5 Å². The van der Waals surface area contributed by atoms with Gasteiger partial charge in [0.1, 0.15) is 17.6 Å². The van der Waals surface area contributed by atoms with Gasteiger partial charge in [0.15, 0.2) is 16.6 Å². The fourth-order valence-corrected chi connectivity index (χ4v) is 9.26. The topological polar surface area (TPSA) is 172 Å². The number of nitriles is 1. The molecule has 0 radical (unpaired) electrons. The minimum Gasteiger partial charge on any atom is -0.377 e. The molecule has 5 heterocycles. The largest absolute Gasteiger partial charge is 0.419 e. The summed E-state index contributed by atoms with van der Waals surface area (Å²) >= 11 is 5.66. The number of aryl methyl sites for hydroxylation is 1. The third-order valence-corrected chi connectivity index (χ3v) is 12.1. The van der Waals surface area contributed by atoms with Crippen molar-refractivity contribution in [1.82, 2.24) is 34.8 Å². The Morgan fingerprint density at radius 1 is 1.08 bits per heavy atom. The molecule has 3 aliphatic heterocycles. The first-order valence-electron chi connectivity index (χ1n) is 19.9. The van der Waals surface area contributed by atoms with Crippen LogP contribution in [-0.2, 0) is 32.3 Å². The zero-order valence-corrected chi connectivity index (χ0v) is 34.7. The SMILES string of the molecule is Cn1nc(N2CCC(=O)NC2=O)c2cccc(NC(=O)CN3CCN(CCO[C@H]4CC[C@H](N5C(=S)N(c6cnc(C#N)c(C(F)(F)F)c6)C(=O)C5(C)C)CC4)C[C@@H]3C(F)(F)F)c21. The Balaban J connectivity index is 0.910. The molecule has 1 saturated carbocycles. The number of thiocarbonyl (C=S) groups is 1. The molecule has 23 heteroatoms. The molecule has 5 amide bonds. The van der Waals surface area contributed by atoms with Crippen LogP contribution in [0.1, 0.15) is 57.2 Å². The van der Waals surface area contributed by atoms with Crippen molar-refractivity contribution in [3.63, 3.8) is 0 Å². The molecule has 1 aliphatic carbocycles. The van der Waals surface area contributed by atoms with E-state index in [4.69, 9.17) is 22.2 Å². The standard InChI is InChI=1S/C39H43F6N11O5S/c1-37(2)34(59)55(23-17-26(38(40,41)42)28(18-46)47-19-23)36(62)56(37)22-7-9-24(10-8-22)61-16-15-52-13-14-53(29(20-52)39(43,44)45)21-31(58)48-27-6-4-5-25-32(27)51(3)50-33(25)54-12-11-30(57)49-35(54)60/h4-6,17,19,22,24,29H,7-16,20-21H2,1-3H3,(H,48,58)(H,49,57,60)/t22-,24-,29-/m1/s1. The van der Waals surface area contributed by atoms with E-state index in [1.165, 1.54) is 15.7 Å². The molecule has 1 atom stereocenters. The molecule has 2 aromatic heterocycles. The smallest absolute Gasteiger partial charge is 0.377 e. The lowest BCUT2D eigenvalue weighted by Crippen LogP contribution is -2.60. The molecule has 3 aromatic rings. The highest BCUT2D eigenvalue weighted by Gasteiger charge is 2.53. The Hall–Kier alpha value is -5.44. The van der Waals surface area contributed by atoms with Crippen molar-refractivity contribution in [2.24, 2.45) is 7.05 Å². The quantitative estimate of drug-likeness (QED) is 0.216. The number of hydrogen-bond donors (Lipinski definition) is 2. The van der Waals surface area contributed by atoms with Crippen LogP contribution in [0.2, 0.25) is 0 Å². The average Bonchev–Trinajstić information content (AvgIpc) is 3.63. The van der Waals surface area contributed by atoms with Crippen molar-refractivity contribution in [3.8, 4) is 6.07 Å². The number of pyridine rings is 1. The number of fused-ring (bicyclic) bond motifs is 1. The molecular weight excluding hydrogens is 849 g/mol. The summed E-state index contributed by atoms with van der Waals surface area (Å²) in [4.78, 5) is 61.5.